The summed E-state index contributed by atoms with van der Waals surface area (Å²) >= 11 is 0. The lowest BCUT2D eigenvalue weighted by Gasteiger charge is -2.17. The van der Waals surface area contributed by atoms with Crippen LogP contribution in [0.1, 0.15) is 6.42 Å². The number of aliphatic carboxylic acids is 1. The Morgan fingerprint density at radius 2 is 2.40 bits per heavy atom. The number of carboxylic acid groups (broad SMARTS) is 1. The number of carbonyl (C=O) groups is 1. The number of rotatable bonds is 1. The van der Waals surface area contributed by atoms with Gasteiger partial charge in [0.1, 0.15) is 6.04 Å². The van der Waals surface area contributed by atoms with Crippen LogP contribution in [0.25, 0.3) is 0 Å². The average molecular weight is 141 g/mol. The molecule has 0 aromatic heterocycles. The molecule has 0 aromatic rings. The van der Waals surface area contributed by atoms with Crippen LogP contribution in [-0.2, 0) is 4.79 Å². The first-order chi connectivity index (χ1) is 4.70. The smallest absolute Gasteiger partial charge is 0.321 e. The summed E-state index contributed by atoms with van der Waals surface area (Å²) in [4.78, 5) is 12.6. The molecule has 0 spiro atoms. The van der Waals surface area contributed by atoms with Gasteiger partial charge in [0.05, 0.1) is 0 Å². The van der Waals surface area contributed by atoms with Gasteiger partial charge in [-0.15, -0.1) is 0 Å². The molecule has 0 amide bonds. The summed E-state index contributed by atoms with van der Waals surface area (Å²) in [6.07, 6.45) is 1.14. The fraction of sp³-hybridized carbons (Fsp3) is 0.857. The largest absolute Gasteiger partial charge is 0.480 e. The minimum Gasteiger partial charge on any atom is -0.480 e. The Kier molecular flexibility index (Phi) is 1.06. The third-order valence-corrected chi connectivity index (χ3v) is 2.63. The van der Waals surface area contributed by atoms with Crippen molar-refractivity contribution in [2.75, 3.05) is 13.6 Å². The second kappa shape index (κ2) is 1.72. The van der Waals surface area contributed by atoms with E-state index in [4.69, 9.17) is 5.11 Å². The molecule has 1 aliphatic heterocycles. The van der Waals surface area contributed by atoms with Gasteiger partial charge >= 0.3 is 5.97 Å². The van der Waals surface area contributed by atoms with E-state index >= 15 is 0 Å². The molecule has 0 unspecified atom stereocenters. The Morgan fingerprint density at radius 1 is 1.70 bits per heavy atom. The van der Waals surface area contributed by atoms with E-state index in [0.717, 1.165) is 13.0 Å². The molecule has 2 aliphatic rings. The molecular formula is C7H11NO2. The van der Waals surface area contributed by atoms with E-state index in [1.165, 1.54) is 0 Å². The third-order valence-electron chi connectivity index (χ3n) is 2.63. The Hall–Kier alpha value is -0.570. The molecule has 1 N–H and O–H groups in total. The van der Waals surface area contributed by atoms with Crippen molar-refractivity contribution >= 4 is 5.97 Å². The first kappa shape index (κ1) is 6.16. The molecule has 1 aliphatic carbocycles. The highest BCUT2D eigenvalue weighted by Gasteiger charge is 2.54. The van der Waals surface area contributed by atoms with E-state index in [2.05, 4.69) is 0 Å². The van der Waals surface area contributed by atoms with Crippen molar-refractivity contribution in [2.24, 2.45) is 11.8 Å². The summed E-state index contributed by atoms with van der Waals surface area (Å²) in [6, 6.07) is -0.176. The summed E-state index contributed by atoms with van der Waals surface area (Å²) < 4.78 is 0. The van der Waals surface area contributed by atoms with Gasteiger partial charge in [0, 0.05) is 6.54 Å². The maximum Gasteiger partial charge on any atom is 0.321 e. The van der Waals surface area contributed by atoms with Crippen LogP contribution in [0, 0.1) is 11.8 Å². The van der Waals surface area contributed by atoms with E-state index in [9.17, 15) is 4.79 Å². The van der Waals surface area contributed by atoms with Gasteiger partial charge in [-0.2, -0.15) is 0 Å². The minimum atomic E-state index is -0.646. The zero-order chi connectivity index (χ0) is 7.30. The lowest BCUT2D eigenvalue weighted by atomic mass is 10.2. The van der Waals surface area contributed by atoms with Crippen LogP contribution in [0.4, 0.5) is 0 Å². The number of likely N-dealkylation sites (N-methyl/N-ethyl adjacent to an activating group) is 1. The second-order valence-corrected chi connectivity index (χ2v) is 3.38. The van der Waals surface area contributed by atoms with Gasteiger partial charge in [-0.1, -0.05) is 0 Å². The maximum absolute atomic E-state index is 10.6. The van der Waals surface area contributed by atoms with E-state index < -0.39 is 5.97 Å². The van der Waals surface area contributed by atoms with Crippen molar-refractivity contribution in [3.63, 3.8) is 0 Å². The van der Waals surface area contributed by atoms with E-state index in [0.29, 0.717) is 11.8 Å². The first-order valence-corrected chi connectivity index (χ1v) is 3.63. The summed E-state index contributed by atoms with van der Waals surface area (Å²) in [5.74, 6) is 0.529. The zero-order valence-electron chi connectivity index (χ0n) is 5.95. The zero-order valence-corrected chi connectivity index (χ0v) is 5.95. The first-order valence-electron chi connectivity index (χ1n) is 3.63. The maximum atomic E-state index is 10.6. The minimum absolute atomic E-state index is 0.176. The molecule has 2 fully saturated rings. The SMILES string of the molecule is CN1C[C@@H]2C[C@@H]2[C@@H]1C(=O)O. The summed E-state index contributed by atoms with van der Waals surface area (Å²) in [7, 11) is 1.89. The molecule has 1 heterocycles. The Morgan fingerprint density at radius 3 is 2.70 bits per heavy atom. The lowest BCUT2D eigenvalue weighted by Crippen LogP contribution is -2.36. The Balaban J connectivity index is 2.12. The fourth-order valence-corrected chi connectivity index (χ4v) is 2.05. The van der Waals surface area contributed by atoms with E-state index in [1.807, 2.05) is 11.9 Å². The van der Waals surface area contributed by atoms with E-state index in [-0.39, 0.29) is 6.04 Å². The second-order valence-electron chi connectivity index (χ2n) is 3.38. The van der Waals surface area contributed by atoms with Crippen LogP contribution >= 0.6 is 0 Å². The normalized spacial score (nSPS) is 45.1. The molecule has 0 bridgehead atoms. The number of piperidine rings is 1. The van der Waals surface area contributed by atoms with Crippen molar-refractivity contribution < 1.29 is 9.90 Å². The highest BCUT2D eigenvalue weighted by molar-refractivity contribution is 5.75. The van der Waals surface area contributed by atoms with Gasteiger partial charge in [0.2, 0.25) is 0 Å². The number of hydrogen-bond acceptors (Lipinski definition) is 2. The number of carboxylic acids is 1. The molecule has 3 nitrogen and oxygen atoms in total. The molecule has 1 saturated heterocycles. The molecule has 10 heavy (non-hydrogen) atoms. The molecule has 3 heteroatoms. The van der Waals surface area contributed by atoms with Crippen LogP contribution in [0.3, 0.4) is 0 Å². The fourth-order valence-electron chi connectivity index (χ4n) is 2.05. The summed E-state index contributed by atoms with van der Waals surface area (Å²) in [5.41, 5.74) is 0. The van der Waals surface area contributed by atoms with Gasteiger partial charge in [-0.05, 0) is 25.3 Å². The van der Waals surface area contributed by atoms with Gasteiger partial charge < -0.3 is 5.11 Å². The number of likely N-dealkylation sites (tertiary alicyclic amines) is 1. The Labute approximate surface area is 59.6 Å². The van der Waals surface area contributed by atoms with Crippen LogP contribution < -0.4 is 0 Å². The number of hydrogen-bond donors (Lipinski definition) is 1. The predicted octanol–water partition coefficient (Wildman–Crippen LogP) is 0.0211. The Bertz CT molecular complexity index is 178. The van der Waals surface area contributed by atoms with Gasteiger partial charge in [-0.3, -0.25) is 9.69 Å². The van der Waals surface area contributed by atoms with Gasteiger partial charge in [0.15, 0.2) is 0 Å². The molecular weight excluding hydrogens is 130 g/mol. The number of nitrogens with zero attached hydrogens (tertiary/aromatic N) is 1. The third kappa shape index (κ3) is 0.669. The summed E-state index contributed by atoms with van der Waals surface area (Å²) in [6.45, 7) is 0.988. The topological polar surface area (TPSA) is 40.5 Å². The number of fused-ring (bicyclic) bond motifs is 1. The standard InChI is InChI=1S/C7H11NO2/c1-8-3-4-2-5(4)6(8)7(9)10/h4-6H,2-3H2,1H3,(H,9,10)/t4-,5-,6+/m0/s1. The van der Waals surface area contributed by atoms with Crippen molar-refractivity contribution in [3.05, 3.63) is 0 Å². The highest BCUT2D eigenvalue weighted by Crippen LogP contribution is 2.48. The molecule has 56 valence electrons. The van der Waals surface area contributed by atoms with Crippen molar-refractivity contribution in [1.82, 2.24) is 4.90 Å². The average Bonchev–Trinajstić information content (AvgIpc) is 2.42. The monoisotopic (exact) mass is 141 g/mol. The lowest BCUT2D eigenvalue weighted by molar-refractivity contribution is -0.142. The highest BCUT2D eigenvalue weighted by atomic mass is 16.4. The quantitative estimate of drug-likeness (QED) is 0.559. The molecule has 3 atom stereocenters. The van der Waals surface area contributed by atoms with E-state index in [1.54, 1.807) is 0 Å². The molecule has 0 aromatic carbocycles. The molecule has 1 saturated carbocycles. The van der Waals surface area contributed by atoms with Crippen molar-refractivity contribution in [2.45, 2.75) is 12.5 Å². The van der Waals surface area contributed by atoms with Gasteiger partial charge in [0.25, 0.3) is 0 Å². The molecule has 0 radical (unpaired) electrons. The molecule has 2 rings (SSSR count). The summed E-state index contributed by atoms with van der Waals surface area (Å²) in [5, 5.41) is 8.74. The van der Waals surface area contributed by atoms with Crippen LogP contribution in [0.2, 0.25) is 0 Å². The predicted molar refractivity (Wildman–Crippen MR) is 35.7 cm³/mol. The van der Waals surface area contributed by atoms with Crippen molar-refractivity contribution in [3.8, 4) is 0 Å². The van der Waals surface area contributed by atoms with Crippen LogP contribution in [0.15, 0.2) is 0 Å². The van der Waals surface area contributed by atoms with Crippen LogP contribution in [0.5, 0.6) is 0 Å². The van der Waals surface area contributed by atoms with Crippen molar-refractivity contribution in [1.29, 1.82) is 0 Å². The van der Waals surface area contributed by atoms with Gasteiger partial charge in [-0.25, -0.2) is 0 Å². The van der Waals surface area contributed by atoms with Crippen LogP contribution in [-0.4, -0.2) is 35.6 Å².